The van der Waals surface area contributed by atoms with Crippen molar-refractivity contribution in [3.63, 3.8) is 0 Å². The summed E-state index contributed by atoms with van der Waals surface area (Å²) in [5, 5.41) is 6.34. The van der Waals surface area contributed by atoms with Crippen LogP contribution in [0.2, 0.25) is 0 Å². The monoisotopic (exact) mass is 205 g/mol. The van der Waals surface area contributed by atoms with Gasteiger partial charge in [0, 0.05) is 26.2 Å². The first-order valence-corrected chi connectivity index (χ1v) is 5.24. The Bertz CT molecular complexity index is 334. The largest absolute Gasteiger partial charge is 0.360 e. The maximum atomic E-state index is 11.0. The third kappa shape index (κ3) is 2.29. The maximum absolute atomic E-state index is 11.0. The smallest absolute Gasteiger partial charge is 0.152 e. The molecule has 0 aromatic carbocycles. The number of hydrogen-bond acceptors (Lipinski definition) is 4. The number of carbonyl (C=O) groups excluding carboxylic acids is 1. The summed E-state index contributed by atoms with van der Waals surface area (Å²) in [5.41, 5.74) is 1.54. The van der Waals surface area contributed by atoms with E-state index in [9.17, 15) is 4.79 Å². The van der Waals surface area contributed by atoms with Crippen molar-refractivity contribution in [3.05, 3.63) is 29.7 Å². The van der Waals surface area contributed by atoms with Crippen molar-refractivity contribution in [1.29, 1.82) is 0 Å². The molecule has 0 radical (unpaired) electrons. The summed E-state index contributed by atoms with van der Waals surface area (Å²) in [6.45, 7) is 3.59. The summed E-state index contributed by atoms with van der Waals surface area (Å²) in [5.74, 6) is 2.04. The molecule has 2 N–H and O–H groups in total. The summed E-state index contributed by atoms with van der Waals surface area (Å²) in [4.78, 5) is 13.0. The minimum absolute atomic E-state index is 0.654. The molecule has 4 nitrogen and oxygen atoms in total. The minimum Gasteiger partial charge on any atom is -0.360 e. The molecule has 0 atom stereocenters. The van der Waals surface area contributed by atoms with E-state index in [1.807, 2.05) is 24.3 Å². The third-order valence-electron chi connectivity index (χ3n) is 2.60. The summed E-state index contributed by atoms with van der Waals surface area (Å²) in [6, 6.07) is 0. The zero-order valence-electron chi connectivity index (χ0n) is 8.62. The Balaban J connectivity index is 2.09. The number of hydrogen-bond donors (Lipinski definition) is 2. The Morgan fingerprint density at radius 2 is 2.20 bits per heavy atom. The van der Waals surface area contributed by atoms with Crippen LogP contribution in [0.5, 0.6) is 0 Å². The van der Waals surface area contributed by atoms with Crippen LogP contribution in [-0.4, -0.2) is 37.0 Å². The van der Waals surface area contributed by atoms with Crippen LogP contribution in [0.1, 0.15) is 6.42 Å². The molecule has 0 bridgehead atoms. The highest BCUT2D eigenvalue weighted by atomic mass is 16.1. The van der Waals surface area contributed by atoms with Gasteiger partial charge in [-0.3, -0.25) is 0 Å². The van der Waals surface area contributed by atoms with Gasteiger partial charge in [0.05, 0.1) is 5.70 Å². The Labute approximate surface area is 89.3 Å². The van der Waals surface area contributed by atoms with Crippen LogP contribution < -0.4 is 10.6 Å². The fraction of sp³-hybridized carbons (Fsp3) is 0.455. The van der Waals surface area contributed by atoms with Crippen LogP contribution in [-0.2, 0) is 4.79 Å². The molecule has 2 aliphatic heterocycles. The van der Waals surface area contributed by atoms with Gasteiger partial charge in [-0.05, 0) is 12.6 Å². The van der Waals surface area contributed by atoms with Gasteiger partial charge < -0.3 is 15.5 Å². The molecule has 0 spiro atoms. The second-order valence-electron chi connectivity index (χ2n) is 3.59. The fourth-order valence-electron chi connectivity index (χ4n) is 1.80. The lowest BCUT2D eigenvalue weighted by Gasteiger charge is -2.30. The number of nitrogens with one attached hydrogen (secondary N) is 2. The lowest BCUT2D eigenvalue weighted by molar-refractivity contribution is 0.303. The van der Waals surface area contributed by atoms with E-state index in [0.29, 0.717) is 5.70 Å². The Morgan fingerprint density at radius 3 is 2.80 bits per heavy atom. The number of piperazine rings is 1. The van der Waals surface area contributed by atoms with Crippen molar-refractivity contribution >= 4 is 5.94 Å². The zero-order valence-corrected chi connectivity index (χ0v) is 8.62. The summed E-state index contributed by atoms with van der Waals surface area (Å²) < 4.78 is 0. The molecule has 2 heterocycles. The van der Waals surface area contributed by atoms with Gasteiger partial charge >= 0.3 is 0 Å². The molecule has 0 unspecified atom stereocenters. The van der Waals surface area contributed by atoms with Gasteiger partial charge in [0.25, 0.3) is 0 Å². The van der Waals surface area contributed by atoms with Gasteiger partial charge in [0.2, 0.25) is 0 Å². The van der Waals surface area contributed by atoms with E-state index in [1.165, 1.54) is 0 Å². The predicted octanol–water partition coefficient (Wildman–Crippen LogP) is -0.00200. The number of rotatable bonds is 2. The van der Waals surface area contributed by atoms with Crippen LogP contribution in [0, 0.1) is 0 Å². The minimum atomic E-state index is 0.654. The second-order valence-corrected chi connectivity index (χ2v) is 3.59. The van der Waals surface area contributed by atoms with Crippen LogP contribution in [0.25, 0.3) is 0 Å². The first kappa shape index (κ1) is 10.0. The van der Waals surface area contributed by atoms with E-state index in [1.54, 1.807) is 0 Å². The van der Waals surface area contributed by atoms with Gasteiger partial charge in [-0.1, -0.05) is 12.2 Å². The number of dihydropyridines is 1. The molecule has 2 rings (SSSR count). The van der Waals surface area contributed by atoms with Crippen molar-refractivity contribution in [2.24, 2.45) is 0 Å². The molecule has 15 heavy (non-hydrogen) atoms. The standard InChI is InChI=1S/C11H15N3O/c15-9-11(10-3-1-2-4-13-10)14-7-5-12-6-8-14/h2-4,12-13H,1,5-8H2. The molecule has 1 fully saturated rings. The Hall–Kier alpha value is -1.51. The second kappa shape index (κ2) is 4.82. The van der Waals surface area contributed by atoms with Crippen LogP contribution in [0.4, 0.5) is 0 Å². The van der Waals surface area contributed by atoms with E-state index in [-0.39, 0.29) is 0 Å². The highest BCUT2D eigenvalue weighted by Gasteiger charge is 2.17. The summed E-state index contributed by atoms with van der Waals surface area (Å²) in [7, 11) is 0. The fourth-order valence-corrected chi connectivity index (χ4v) is 1.80. The average Bonchev–Trinajstić information content (AvgIpc) is 2.33. The Kier molecular flexibility index (Phi) is 3.22. The van der Waals surface area contributed by atoms with Gasteiger partial charge in [-0.15, -0.1) is 0 Å². The first-order valence-electron chi connectivity index (χ1n) is 5.24. The van der Waals surface area contributed by atoms with Gasteiger partial charge in [-0.25, -0.2) is 4.79 Å². The average molecular weight is 205 g/mol. The van der Waals surface area contributed by atoms with E-state index in [4.69, 9.17) is 0 Å². The highest BCUT2D eigenvalue weighted by molar-refractivity contribution is 5.60. The third-order valence-corrected chi connectivity index (χ3v) is 2.60. The molecule has 1 saturated heterocycles. The summed E-state index contributed by atoms with van der Waals surface area (Å²) in [6.07, 6.45) is 6.78. The normalized spacial score (nSPS) is 20.3. The first-order chi connectivity index (χ1) is 7.42. The molecular weight excluding hydrogens is 190 g/mol. The van der Waals surface area contributed by atoms with Crippen molar-refractivity contribution in [2.45, 2.75) is 6.42 Å². The lowest BCUT2D eigenvalue weighted by Crippen LogP contribution is -2.44. The highest BCUT2D eigenvalue weighted by Crippen LogP contribution is 2.14. The molecule has 0 saturated carbocycles. The van der Waals surface area contributed by atoms with Crippen molar-refractivity contribution < 1.29 is 4.79 Å². The van der Waals surface area contributed by atoms with Crippen LogP contribution >= 0.6 is 0 Å². The van der Waals surface area contributed by atoms with E-state index in [2.05, 4.69) is 15.5 Å². The predicted molar refractivity (Wildman–Crippen MR) is 58.6 cm³/mol. The molecule has 4 heteroatoms. The van der Waals surface area contributed by atoms with Crippen LogP contribution in [0.3, 0.4) is 0 Å². The molecule has 0 amide bonds. The van der Waals surface area contributed by atoms with Gasteiger partial charge in [-0.2, -0.15) is 0 Å². The zero-order chi connectivity index (χ0) is 10.5. The van der Waals surface area contributed by atoms with Gasteiger partial charge in [0.15, 0.2) is 5.94 Å². The molecule has 80 valence electrons. The molecule has 2 aliphatic rings. The lowest BCUT2D eigenvalue weighted by atomic mass is 10.2. The topological polar surface area (TPSA) is 44.4 Å². The maximum Gasteiger partial charge on any atom is 0.152 e. The van der Waals surface area contributed by atoms with Gasteiger partial charge in [0.1, 0.15) is 5.70 Å². The van der Waals surface area contributed by atoms with E-state index < -0.39 is 0 Å². The van der Waals surface area contributed by atoms with Crippen LogP contribution in [0.15, 0.2) is 29.7 Å². The molecule has 0 aliphatic carbocycles. The van der Waals surface area contributed by atoms with E-state index in [0.717, 1.165) is 38.3 Å². The van der Waals surface area contributed by atoms with Crippen molar-refractivity contribution in [3.8, 4) is 0 Å². The molecule has 0 aromatic rings. The summed E-state index contributed by atoms with van der Waals surface area (Å²) >= 11 is 0. The molecular formula is C11H15N3O. The molecule has 0 aromatic heterocycles. The van der Waals surface area contributed by atoms with Crippen molar-refractivity contribution in [1.82, 2.24) is 15.5 Å². The van der Waals surface area contributed by atoms with Crippen molar-refractivity contribution in [2.75, 3.05) is 26.2 Å². The Morgan fingerprint density at radius 1 is 1.40 bits per heavy atom. The SMILES string of the molecule is O=C=C(C1=CCC=CN1)N1CCNCC1. The number of nitrogens with zero attached hydrogens (tertiary/aromatic N) is 1. The quantitative estimate of drug-likeness (QED) is 0.623. The number of allylic oxidation sites excluding steroid dienone is 2. The van der Waals surface area contributed by atoms with E-state index >= 15 is 0 Å².